The molecule has 0 N–H and O–H groups in total. The fourth-order valence-corrected chi connectivity index (χ4v) is 4.50. The van der Waals surface area contributed by atoms with Crippen molar-refractivity contribution in [2.24, 2.45) is 23.7 Å². The minimum atomic E-state index is 0.877. The Morgan fingerprint density at radius 3 is 2.17 bits per heavy atom. The Labute approximate surface area is 120 Å². The van der Waals surface area contributed by atoms with Crippen LogP contribution in [0.3, 0.4) is 0 Å². The van der Waals surface area contributed by atoms with Gasteiger partial charge in [0, 0.05) is 5.25 Å². The smallest absolute Gasteiger partial charge is 0.00526 e. The standard InChI is InChI=1S/C17H34S/c1-6-14(5)16-10-17(11-16)18-12-15(7-2)9-8-13(3)4/h13-17H,6-12H2,1-5H3. The van der Waals surface area contributed by atoms with E-state index in [0.717, 1.165) is 28.9 Å². The first-order chi connectivity index (χ1) is 8.56. The predicted octanol–water partition coefficient (Wildman–Crippen LogP) is 6.01. The molecule has 1 fully saturated rings. The molecule has 2 atom stereocenters. The minimum Gasteiger partial charge on any atom is -0.158 e. The Hall–Kier alpha value is 0.350. The number of hydrogen-bond donors (Lipinski definition) is 0. The second-order valence-electron chi connectivity index (χ2n) is 6.82. The lowest BCUT2D eigenvalue weighted by molar-refractivity contribution is 0.224. The molecule has 0 saturated heterocycles. The third-order valence-corrected chi connectivity index (χ3v) is 6.40. The van der Waals surface area contributed by atoms with Gasteiger partial charge in [-0.2, -0.15) is 11.8 Å². The molecule has 1 rings (SSSR count). The molecule has 18 heavy (non-hydrogen) atoms. The van der Waals surface area contributed by atoms with E-state index in [1.165, 1.54) is 44.3 Å². The first kappa shape index (κ1) is 16.4. The summed E-state index contributed by atoms with van der Waals surface area (Å²) in [7, 11) is 0. The van der Waals surface area contributed by atoms with E-state index in [4.69, 9.17) is 0 Å². The van der Waals surface area contributed by atoms with Gasteiger partial charge in [0.2, 0.25) is 0 Å². The molecule has 2 unspecified atom stereocenters. The fourth-order valence-electron chi connectivity index (χ4n) is 2.79. The van der Waals surface area contributed by atoms with Crippen LogP contribution in [0.15, 0.2) is 0 Å². The lowest BCUT2D eigenvalue weighted by atomic mass is 9.75. The number of hydrogen-bond acceptors (Lipinski definition) is 1. The Bertz CT molecular complexity index is 206. The minimum absolute atomic E-state index is 0.877. The summed E-state index contributed by atoms with van der Waals surface area (Å²) in [5.74, 6) is 5.27. The highest BCUT2D eigenvalue weighted by atomic mass is 32.2. The summed E-state index contributed by atoms with van der Waals surface area (Å²) in [5, 5.41) is 0.997. The van der Waals surface area contributed by atoms with Crippen molar-refractivity contribution in [3.63, 3.8) is 0 Å². The first-order valence-corrected chi connectivity index (χ1v) is 9.23. The van der Waals surface area contributed by atoms with E-state index in [1.807, 2.05) is 0 Å². The van der Waals surface area contributed by atoms with Crippen molar-refractivity contribution in [2.75, 3.05) is 5.75 Å². The lowest BCUT2D eigenvalue weighted by Crippen LogP contribution is -2.31. The summed E-state index contributed by atoms with van der Waals surface area (Å²) in [5.41, 5.74) is 0. The van der Waals surface area contributed by atoms with Crippen LogP contribution in [0, 0.1) is 23.7 Å². The molecule has 0 bridgehead atoms. The third-order valence-electron chi connectivity index (χ3n) is 4.88. The van der Waals surface area contributed by atoms with E-state index in [-0.39, 0.29) is 0 Å². The molecule has 0 nitrogen and oxygen atoms in total. The third kappa shape index (κ3) is 5.55. The molecule has 1 aliphatic carbocycles. The fraction of sp³-hybridized carbons (Fsp3) is 1.00. The van der Waals surface area contributed by atoms with Gasteiger partial charge in [-0.1, -0.05) is 53.9 Å². The van der Waals surface area contributed by atoms with Gasteiger partial charge in [-0.15, -0.1) is 0 Å². The van der Waals surface area contributed by atoms with Crippen LogP contribution in [0.5, 0.6) is 0 Å². The molecule has 0 aromatic carbocycles. The molecule has 0 aromatic heterocycles. The molecule has 1 heteroatoms. The Kier molecular flexibility index (Phi) is 7.75. The van der Waals surface area contributed by atoms with Crippen molar-refractivity contribution in [2.45, 2.75) is 78.4 Å². The molecule has 0 spiro atoms. The molecule has 0 heterocycles. The van der Waals surface area contributed by atoms with Crippen LogP contribution < -0.4 is 0 Å². The predicted molar refractivity (Wildman–Crippen MR) is 86.3 cm³/mol. The first-order valence-electron chi connectivity index (χ1n) is 8.18. The maximum Gasteiger partial charge on any atom is 0.00526 e. The summed E-state index contributed by atoms with van der Waals surface area (Å²) in [6, 6.07) is 0. The van der Waals surface area contributed by atoms with Gasteiger partial charge in [-0.3, -0.25) is 0 Å². The van der Waals surface area contributed by atoms with Crippen molar-refractivity contribution < 1.29 is 0 Å². The molecule has 0 amide bonds. The maximum atomic E-state index is 2.43. The van der Waals surface area contributed by atoms with Gasteiger partial charge >= 0.3 is 0 Å². The highest BCUT2D eigenvalue weighted by Crippen LogP contribution is 2.42. The van der Waals surface area contributed by atoms with Crippen LogP contribution in [0.1, 0.15) is 73.1 Å². The zero-order chi connectivity index (χ0) is 13.5. The van der Waals surface area contributed by atoms with E-state index in [9.17, 15) is 0 Å². The summed E-state index contributed by atoms with van der Waals surface area (Å²) in [6.45, 7) is 11.8. The topological polar surface area (TPSA) is 0 Å². The maximum absolute atomic E-state index is 2.43. The monoisotopic (exact) mass is 270 g/mol. The van der Waals surface area contributed by atoms with Gasteiger partial charge in [0.25, 0.3) is 0 Å². The molecule has 0 radical (unpaired) electrons. The highest BCUT2D eigenvalue weighted by Gasteiger charge is 2.32. The van der Waals surface area contributed by atoms with E-state index >= 15 is 0 Å². The van der Waals surface area contributed by atoms with Crippen LogP contribution in [0.2, 0.25) is 0 Å². The summed E-state index contributed by atoms with van der Waals surface area (Å²) in [4.78, 5) is 0. The average Bonchev–Trinajstić information content (AvgIpc) is 2.30. The number of thioether (sulfide) groups is 1. The zero-order valence-corrected chi connectivity index (χ0v) is 14.1. The van der Waals surface area contributed by atoms with Crippen molar-refractivity contribution in [1.82, 2.24) is 0 Å². The Morgan fingerprint density at radius 1 is 1.00 bits per heavy atom. The summed E-state index contributed by atoms with van der Waals surface area (Å²) < 4.78 is 0. The molecule has 1 aliphatic rings. The number of rotatable bonds is 9. The molecule has 108 valence electrons. The van der Waals surface area contributed by atoms with Gasteiger partial charge in [0.15, 0.2) is 0 Å². The average molecular weight is 271 g/mol. The van der Waals surface area contributed by atoms with E-state index in [2.05, 4.69) is 46.4 Å². The largest absolute Gasteiger partial charge is 0.158 e. The second kappa shape index (κ2) is 8.51. The molecular formula is C17H34S. The van der Waals surface area contributed by atoms with Crippen molar-refractivity contribution >= 4 is 11.8 Å². The van der Waals surface area contributed by atoms with Crippen LogP contribution in [-0.4, -0.2) is 11.0 Å². The van der Waals surface area contributed by atoms with Gasteiger partial charge in [0.1, 0.15) is 0 Å². The highest BCUT2D eigenvalue weighted by molar-refractivity contribution is 7.99. The second-order valence-corrected chi connectivity index (χ2v) is 8.15. The van der Waals surface area contributed by atoms with E-state index < -0.39 is 0 Å². The normalized spacial score (nSPS) is 27.0. The van der Waals surface area contributed by atoms with Gasteiger partial charge in [-0.05, 0) is 48.7 Å². The van der Waals surface area contributed by atoms with Crippen LogP contribution in [-0.2, 0) is 0 Å². The summed E-state index contributed by atoms with van der Waals surface area (Å²) >= 11 is 2.28. The van der Waals surface area contributed by atoms with Gasteiger partial charge in [0.05, 0.1) is 0 Å². The summed E-state index contributed by atoms with van der Waals surface area (Å²) in [6.07, 6.45) is 8.61. The van der Waals surface area contributed by atoms with E-state index in [1.54, 1.807) is 0 Å². The van der Waals surface area contributed by atoms with Crippen LogP contribution in [0.25, 0.3) is 0 Å². The molecule has 0 aliphatic heterocycles. The van der Waals surface area contributed by atoms with Crippen LogP contribution in [0.4, 0.5) is 0 Å². The Morgan fingerprint density at radius 2 is 1.67 bits per heavy atom. The molecule has 1 saturated carbocycles. The quantitative estimate of drug-likeness (QED) is 0.494. The van der Waals surface area contributed by atoms with Crippen molar-refractivity contribution in [3.8, 4) is 0 Å². The SMILES string of the molecule is CCC(CCC(C)C)CSC1CC(C(C)CC)C1. The van der Waals surface area contributed by atoms with E-state index in [0.29, 0.717) is 0 Å². The van der Waals surface area contributed by atoms with Gasteiger partial charge < -0.3 is 0 Å². The Balaban J connectivity index is 2.10. The van der Waals surface area contributed by atoms with Crippen LogP contribution >= 0.6 is 11.8 Å². The molecule has 0 aromatic rings. The van der Waals surface area contributed by atoms with Gasteiger partial charge in [-0.25, -0.2) is 0 Å². The zero-order valence-electron chi connectivity index (χ0n) is 13.2. The lowest BCUT2D eigenvalue weighted by Gasteiger charge is -2.39. The molecular weight excluding hydrogens is 236 g/mol. The van der Waals surface area contributed by atoms with Crippen molar-refractivity contribution in [3.05, 3.63) is 0 Å². The van der Waals surface area contributed by atoms with Crippen molar-refractivity contribution in [1.29, 1.82) is 0 Å².